The highest BCUT2D eigenvalue weighted by Gasteiger charge is 2.17. The number of para-hydroxylation sites is 1. The lowest BCUT2D eigenvalue weighted by Gasteiger charge is -2.12. The number of nitrogen functional groups attached to an aromatic ring is 1. The maximum absolute atomic E-state index is 11.9. The van der Waals surface area contributed by atoms with Crippen LogP contribution < -0.4 is 5.73 Å². The van der Waals surface area contributed by atoms with Gasteiger partial charge in [0.1, 0.15) is 11.3 Å². The molecule has 0 aliphatic carbocycles. The lowest BCUT2D eigenvalue weighted by Crippen LogP contribution is -2.19. The van der Waals surface area contributed by atoms with Crippen LogP contribution in [0.4, 0.5) is 5.82 Å². The molecule has 0 saturated heterocycles. The highest BCUT2D eigenvalue weighted by molar-refractivity contribution is 7.91. The Labute approximate surface area is 172 Å². The summed E-state index contributed by atoms with van der Waals surface area (Å²) in [7, 11) is -3.02. The van der Waals surface area contributed by atoms with Crippen LogP contribution in [-0.4, -0.2) is 47.2 Å². The largest absolute Gasteiger partial charge is 0.382 e. The van der Waals surface area contributed by atoms with Crippen molar-refractivity contribution in [2.45, 2.75) is 51.8 Å². The normalized spacial score (nSPS) is 12.4. The minimum atomic E-state index is -3.02. The summed E-state index contributed by atoms with van der Waals surface area (Å²) in [6.45, 7) is 7.08. The third-order valence-corrected chi connectivity index (χ3v) is 7.35. The van der Waals surface area contributed by atoms with Crippen molar-refractivity contribution in [1.29, 1.82) is 0 Å². The molecule has 0 aliphatic heterocycles. The molecule has 0 bridgehead atoms. The first-order valence-electron chi connectivity index (χ1n) is 10.2. The number of benzene rings is 1. The van der Waals surface area contributed by atoms with Crippen molar-refractivity contribution >= 4 is 37.6 Å². The summed E-state index contributed by atoms with van der Waals surface area (Å²) < 4.78 is 31.7. The number of fused-ring (bicyclic) bond motifs is 3. The Morgan fingerprint density at radius 2 is 1.93 bits per heavy atom. The van der Waals surface area contributed by atoms with Gasteiger partial charge in [-0.3, -0.25) is 0 Å². The molecular weight excluding hydrogens is 388 g/mol. The Morgan fingerprint density at radius 1 is 1.17 bits per heavy atom. The molecule has 0 aliphatic rings. The number of aromatic nitrogens is 3. The average molecular weight is 419 g/mol. The fraction of sp³-hybridized carbons (Fsp3) is 0.524. The maximum atomic E-state index is 11.9. The fourth-order valence-corrected chi connectivity index (χ4v) is 4.41. The number of imidazole rings is 1. The van der Waals surface area contributed by atoms with Crippen molar-refractivity contribution in [3.05, 3.63) is 30.1 Å². The van der Waals surface area contributed by atoms with Gasteiger partial charge < -0.3 is 15.0 Å². The highest BCUT2D eigenvalue weighted by atomic mass is 32.2. The summed E-state index contributed by atoms with van der Waals surface area (Å²) in [5.41, 5.74) is 8.75. The third kappa shape index (κ3) is 4.70. The van der Waals surface area contributed by atoms with E-state index in [2.05, 4.69) is 16.5 Å². The molecule has 8 heteroatoms. The summed E-state index contributed by atoms with van der Waals surface area (Å²) in [6.07, 6.45) is 2.32. The number of pyridine rings is 1. The van der Waals surface area contributed by atoms with Crippen molar-refractivity contribution in [3.8, 4) is 0 Å². The summed E-state index contributed by atoms with van der Waals surface area (Å²) in [5.74, 6) is 1.57. The molecule has 2 N–H and O–H groups in total. The second-order valence-corrected chi connectivity index (χ2v) is 10.2. The van der Waals surface area contributed by atoms with Crippen LogP contribution >= 0.6 is 0 Å². The predicted molar refractivity (Wildman–Crippen MR) is 118 cm³/mol. The Balaban J connectivity index is 1.77. The van der Waals surface area contributed by atoms with Gasteiger partial charge in [0, 0.05) is 25.0 Å². The molecule has 0 spiro atoms. The zero-order valence-electron chi connectivity index (χ0n) is 17.4. The van der Waals surface area contributed by atoms with E-state index in [-0.39, 0.29) is 11.0 Å². The topological polar surface area (TPSA) is 100 Å². The molecular formula is C21H30N4O3S. The van der Waals surface area contributed by atoms with E-state index in [0.717, 1.165) is 40.6 Å². The number of aryl methyl sites for hydroxylation is 1. The molecule has 2 aromatic heterocycles. The lowest BCUT2D eigenvalue weighted by molar-refractivity contribution is 0.127. The van der Waals surface area contributed by atoms with Crippen LogP contribution in [0.25, 0.3) is 21.9 Å². The van der Waals surface area contributed by atoms with Gasteiger partial charge in [-0.2, -0.15) is 0 Å². The first-order chi connectivity index (χ1) is 13.8. The summed E-state index contributed by atoms with van der Waals surface area (Å²) >= 11 is 0. The number of nitrogens with two attached hydrogens (primary N) is 1. The average Bonchev–Trinajstić information content (AvgIpc) is 3.04. The highest BCUT2D eigenvalue weighted by Crippen LogP contribution is 2.29. The molecule has 0 atom stereocenters. The predicted octanol–water partition coefficient (Wildman–Crippen LogP) is 3.35. The Bertz CT molecular complexity index is 1090. The third-order valence-electron chi connectivity index (χ3n) is 5.06. The standard InChI is InChI=1S/C21H30N4O3S/c1-4-8-18-24-19-20(16-9-5-6-10-17(16)23-21(19)22)25(18)11-13-28-12-7-14-29(26,27)15(2)3/h5-6,9-10,15H,4,7-8,11-14H2,1-3H3,(H2,22,23). The van der Waals surface area contributed by atoms with Crippen molar-refractivity contribution in [3.63, 3.8) is 0 Å². The Hall–Kier alpha value is -2.19. The van der Waals surface area contributed by atoms with Gasteiger partial charge in [0.25, 0.3) is 0 Å². The summed E-state index contributed by atoms with van der Waals surface area (Å²) in [6, 6.07) is 7.92. The van der Waals surface area contributed by atoms with Crippen LogP contribution in [0.3, 0.4) is 0 Å². The second-order valence-electron chi connectivity index (χ2n) is 7.52. The first kappa shape index (κ1) is 21.5. The van der Waals surface area contributed by atoms with Gasteiger partial charge in [-0.05, 0) is 32.8 Å². The van der Waals surface area contributed by atoms with Crippen molar-refractivity contribution in [1.82, 2.24) is 14.5 Å². The maximum Gasteiger partial charge on any atom is 0.152 e. The van der Waals surface area contributed by atoms with Gasteiger partial charge in [0.15, 0.2) is 15.7 Å². The SMILES string of the molecule is CCCc1nc2c(N)nc3ccccc3c2n1CCOCCCS(=O)(=O)C(C)C. The molecule has 0 saturated carbocycles. The van der Waals surface area contributed by atoms with E-state index >= 15 is 0 Å². The smallest absolute Gasteiger partial charge is 0.152 e. The van der Waals surface area contributed by atoms with Gasteiger partial charge in [0.05, 0.1) is 28.6 Å². The molecule has 0 fully saturated rings. The van der Waals surface area contributed by atoms with Crippen LogP contribution in [0.15, 0.2) is 24.3 Å². The van der Waals surface area contributed by atoms with Crippen molar-refractivity contribution in [2.24, 2.45) is 0 Å². The van der Waals surface area contributed by atoms with Crippen LogP contribution in [0, 0.1) is 0 Å². The van der Waals surface area contributed by atoms with Crippen LogP contribution in [0.2, 0.25) is 0 Å². The second kappa shape index (κ2) is 9.09. The van der Waals surface area contributed by atoms with Gasteiger partial charge in [0.2, 0.25) is 0 Å². The molecule has 3 aromatic rings. The molecule has 2 heterocycles. The number of ether oxygens (including phenoxy) is 1. The number of hydrogen-bond acceptors (Lipinski definition) is 6. The van der Waals surface area contributed by atoms with Gasteiger partial charge in [-0.15, -0.1) is 0 Å². The van der Waals surface area contributed by atoms with Crippen molar-refractivity contribution < 1.29 is 13.2 Å². The number of sulfone groups is 1. The van der Waals surface area contributed by atoms with E-state index in [0.29, 0.717) is 32.0 Å². The first-order valence-corrected chi connectivity index (χ1v) is 11.9. The summed E-state index contributed by atoms with van der Waals surface area (Å²) in [4.78, 5) is 9.25. The summed E-state index contributed by atoms with van der Waals surface area (Å²) in [5, 5.41) is 0.679. The van der Waals surface area contributed by atoms with E-state index in [9.17, 15) is 8.42 Å². The quantitative estimate of drug-likeness (QED) is 0.507. The van der Waals surface area contributed by atoms with E-state index in [4.69, 9.17) is 15.5 Å². The Kier molecular flexibility index (Phi) is 6.74. The van der Waals surface area contributed by atoms with E-state index in [1.165, 1.54) is 0 Å². The number of hydrogen-bond donors (Lipinski definition) is 1. The Morgan fingerprint density at radius 3 is 2.66 bits per heavy atom. The van der Waals surface area contributed by atoms with Crippen LogP contribution in [-0.2, 0) is 27.5 Å². The van der Waals surface area contributed by atoms with Gasteiger partial charge in [-0.25, -0.2) is 18.4 Å². The van der Waals surface area contributed by atoms with E-state index < -0.39 is 9.84 Å². The van der Waals surface area contributed by atoms with E-state index in [1.54, 1.807) is 13.8 Å². The zero-order valence-corrected chi connectivity index (χ0v) is 18.2. The molecule has 0 amide bonds. The van der Waals surface area contributed by atoms with Crippen LogP contribution in [0.1, 0.15) is 39.4 Å². The molecule has 0 radical (unpaired) electrons. The number of anilines is 1. The molecule has 3 rings (SSSR count). The number of rotatable bonds is 10. The van der Waals surface area contributed by atoms with Crippen LogP contribution in [0.5, 0.6) is 0 Å². The minimum absolute atomic E-state index is 0.159. The van der Waals surface area contributed by atoms with Gasteiger partial charge >= 0.3 is 0 Å². The fourth-order valence-electron chi connectivity index (χ4n) is 3.42. The zero-order chi connectivity index (χ0) is 21.0. The molecule has 29 heavy (non-hydrogen) atoms. The van der Waals surface area contributed by atoms with Crippen molar-refractivity contribution in [2.75, 3.05) is 24.7 Å². The van der Waals surface area contributed by atoms with E-state index in [1.807, 2.05) is 24.3 Å². The lowest BCUT2D eigenvalue weighted by atomic mass is 10.2. The number of nitrogens with zero attached hydrogens (tertiary/aromatic N) is 3. The molecule has 0 unspecified atom stereocenters. The van der Waals surface area contributed by atoms with Gasteiger partial charge in [-0.1, -0.05) is 25.1 Å². The monoisotopic (exact) mass is 418 g/mol. The molecule has 1 aromatic carbocycles. The molecule has 7 nitrogen and oxygen atoms in total. The minimum Gasteiger partial charge on any atom is -0.382 e. The molecule has 158 valence electrons.